The SMILES string of the molecule is Cc1ccc(Cc2cnc(C(C)C)s2)c(C)c1. The number of aryl methyl sites for hydroxylation is 2. The number of thiazole rings is 1. The normalized spacial score (nSPS) is 11.1. The first-order valence-electron chi connectivity index (χ1n) is 6.07. The lowest BCUT2D eigenvalue weighted by molar-refractivity contribution is 0.852. The van der Waals surface area contributed by atoms with Crippen molar-refractivity contribution in [1.29, 1.82) is 0 Å². The highest BCUT2D eigenvalue weighted by Gasteiger charge is 2.07. The fraction of sp³-hybridized carbons (Fsp3) is 0.400. The van der Waals surface area contributed by atoms with Gasteiger partial charge in [0.15, 0.2) is 0 Å². The monoisotopic (exact) mass is 245 g/mol. The molecule has 0 N–H and O–H groups in total. The first kappa shape index (κ1) is 12.3. The highest BCUT2D eigenvalue weighted by atomic mass is 32.1. The highest BCUT2D eigenvalue weighted by molar-refractivity contribution is 7.11. The predicted octanol–water partition coefficient (Wildman–Crippen LogP) is 4.47. The number of aromatic nitrogens is 1. The summed E-state index contributed by atoms with van der Waals surface area (Å²) in [6.07, 6.45) is 3.04. The summed E-state index contributed by atoms with van der Waals surface area (Å²) in [6.45, 7) is 8.71. The molecule has 0 aliphatic carbocycles. The maximum Gasteiger partial charge on any atom is 0.0953 e. The zero-order valence-electron chi connectivity index (χ0n) is 10.9. The number of benzene rings is 1. The quantitative estimate of drug-likeness (QED) is 0.777. The first-order valence-corrected chi connectivity index (χ1v) is 6.88. The Morgan fingerprint density at radius 3 is 2.59 bits per heavy atom. The molecule has 2 aromatic rings. The van der Waals surface area contributed by atoms with Gasteiger partial charge in [-0.3, -0.25) is 0 Å². The molecule has 90 valence electrons. The Morgan fingerprint density at radius 2 is 2.00 bits per heavy atom. The van der Waals surface area contributed by atoms with Gasteiger partial charge in [-0.25, -0.2) is 4.98 Å². The Kier molecular flexibility index (Phi) is 3.63. The molecular formula is C15H19NS. The molecule has 1 aromatic carbocycles. The van der Waals surface area contributed by atoms with E-state index in [9.17, 15) is 0 Å². The Bertz CT molecular complexity index is 511. The van der Waals surface area contributed by atoms with Crippen molar-refractivity contribution in [2.24, 2.45) is 0 Å². The van der Waals surface area contributed by atoms with Crippen LogP contribution in [0, 0.1) is 13.8 Å². The lowest BCUT2D eigenvalue weighted by Crippen LogP contribution is -1.90. The molecule has 0 amide bonds. The minimum atomic E-state index is 0.535. The fourth-order valence-corrected chi connectivity index (χ4v) is 2.85. The summed E-state index contributed by atoms with van der Waals surface area (Å²) in [5.74, 6) is 0.535. The number of rotatable bonds is 3. The third-order valence-corrected chi connectivity index (χ3v) is 4.23. The van der Waals surface area contributed by atoms with Gasteiger partial charge in [-0.15, -0.1) is 11.3 Å². The van der Waals surface area contributed by atoms with Crippen LogP contribution >= 0.6 is 11.3 Å². The van der Waals surface area contributed by atoms with Crippen molar-refractivity contribution in [3.8, 4) is 0 Å². The summed E-state index contributed by atoms with van der Waals surface area (Å²) in [5, 5.41) is 1.24. The van der Waals surface area contributed by atoms with E-state index < -0.39 is 0 Å². The van der Waals surface area contributed by atoms with E-state index >= 15 is 0 Å². The van der Waals surface area contributed by atoms with Crippen LogP contribution in [0.4, 0.5) is 0 Å². The van der Waals surface area contributed by atoms with E-state index in [0.717, 1.165) is 6.42 Å². The van der Waals surface area contributed by atoms with E-state index in [1.807, 2.05) is 17.5 Å². The molecular weight excluding hydrogens is 226 g/mol. The smallest absolute Gasteiger partial charge is 0.0953 e. The van der Waals surface area contributed by atoms with Gasteiger partial charge in [0.1, 0.15) is 0 Å². The van der Waals surface area contributed by atoms with Crippen LogP contribution in [-0.2, 0) is 6.42 Å². The number of hydrogen-bond acceptors (Lipinski definition) is 2. The summed E-state index contributed by atoms with van der Waals surface area (Å²) >= 11 is 1.84. The van der Waals surface area contributed by atoms with E-state index in [1.165, 1.54) is 26.6 Å². The molecule has 2 heteroatoms. The van der Waals surface area contributed by atoms with Crippen molar-refractivity contribution >= 4 is 11.3 Å². The minimum absolute atomic E-state index is 0.535. The molecule has 0 atom stereocenters. The Hall–Kier alpha value is -1.15. The van der Waals surface area contributed by atoms with Gasteiger partial charge in [-0.1, -0.05) is 37.6 Å². The molecule has 17 heavy (non-hydrogen) atoms. The summed E-state index contributed by atoms with van der Waals surface area (Å²) < 4.78 is 0. The molecule has 2 rings (SSSR count). The molecule has 0 saturated carbocycles. The van der Waals surface area contributed by atoms with Gasteiger partial charge in [-0.05, 0) is 25.0 Å². The van der Waals surface area contributed by atoms with Crippen molar-refractivity contribution < 1.29 is 0 Å². The molecule has 1 nitrogen and oxygen atoms in total. The molecule has 0 bridgehead atoms. The molecule has 0 spiro atoms. The Labute approximate surface area is 108 Å². The van der Waals surface area contributed by atoms with E-state index in [4.69, 9.17) is 0 Å². The van der Waals surface area contributed by atoms with Gasteiger partial charge < -0.3 is 0 Å². The average Bonchev–Trinajstić information content (AvgIpc) is 2.71. The van der Waals surface area contributed by atoms with Gasteiger partial charge in [0, 0.05) is 23.4 Å². The van der Waals surface area contributed by atoms with E-state index in [1.54, 1.807) is 0 Å². The third kappa shape index (κ3) is 2.95. The van der Waals surface area contributed by atoms with E-state index in [0.29, 0.717) is 5.92 Å². The highest BCUT2D eigenvalue weighted by Crippen LogP contribution is 2.24. The maximum atomic E-state index is 4.48. The molecule has 0 radical (unpaired) electrons. The van der Waals surface area contributed by atoms with E-state index in [2.05, 4.69) is 50.9 Å². The molecule has 0 aliphatic rings. The Morgan fingerprint density at radius 1 is 1.24 bits per heavy atom. The van der Waals surface area contributed by atoms with Gasteiger partial charge in [0.05, 0.1) is 5.01 Å². The van der Waals surface area contributed by atoms with Crippen molar-refractivity contribution in [3.05, 3.63) is 51.0 Å². The molecule has 0 fully saturated rings. The largest absolute Gasteiger partial charge is 0.249 e. The van der Waals surface area contributed by atoms with Crippen LogP contribution in [0.15, 0.2) is 24.4 Å². The molecule has 0 unspecified atom stereocenters. The van der Waals surface area contributed by atoms with Crippen LogP contribution in [0.3, 0.4) is 0 Å². The summed E-state index contributed by atoms with van der Waals surface area (Å²) in [7, 11) is 0. The van der Waals surface area contributed by atoms with Crippen LogP contribution in [0.5, 0.6) is 0 Å². The second kappa shape index (κ2) is 5.01. The predicted molar refractivity (Wildman–Crippen MR) is 74.9 cm³/mol. The molecule has 0 saturated heterocycles. The van der Waals surface area contributed by atoms with Gasteiger partial charge >= 0.3 is 0 Å². The second-order valence-electron chi connectivity index (χ2n) is 4.93. The standard InChI is InChI=1S/C15H19NS/c1-10(2)15-16-9-14(17-15)8-13-6-5-11(3)7-12(13)4/h5-7,9-10H,8H2,1-4H3. The zero-order valence-corrected chi connectivity index (χ0v) is 11.8. The summed E-state index contributed by atoms with van der Waals surface area (Å²) in [5.41, 5.74) is 4.12. The van der Waals surface area contributed by atoms with Crippen molar-refractivity contribution in [3.63, 3.8) is 0 Å². The van der Waals surface area contributed by atoms with Crippen LogP contribution in [-0.4, -0.2) is 4.98 Å². The fourth-order valence-electron chi connectivity index (χ4n) is 1.90. The van der Waals surface area contributed by atoms with Gasteiger partial charge in [0.2, 0.25) is 0 Å². The van der Waals surface area contributed by atoms with Gasteiger partial charge in [-0.2, -0.15) is 0 Å². The summed E-state index contributed by atoms with van der Waals surface area (Å²) in [4.78, 5) is 5.84. The summed E-state index contributed by atoms with van der Waals surface area (Å²) in [6, 6.07) is 6.67. The zero-order chi connectivity index (χ0) is 12.4. The molecule has 1 heterocycles. The number of hydrogen-bond donors (Lipinski definition) is 0. The van der Waals surface area contributed by atoms with Crippen LogP contribution < -0.4 is 0 Å². The van der Waals surface area contributed by atoms with Crippen LogP contribution in [0.1, 0.15) is 46.3 Å². The maximum absolute atomic E-state index is 4.48. The van der Waals surface area contributed by atoms with Crippen LogP contribution in [0.2, 0.25) is 0 Å². The van der Waals surface area contributed by atoms with Crippen LogP contribution in [0.25, 0.3) is 0 Å². The van der Waals surface area contributed by atoms with Crippen molar-refractivity contribution in [2.75, 3.05) is 0 Å². The van der Waals surface area contributed by atoms with E-state index in [-0.39, 0.29) is 0 Å². The third-order valence-electron chi connectivity index (χ3n) is 2.93. The lowest BCUT2D eigenvalue weighted by Gasteiger charge is -2.05. The van der Waals surface area contributed by atoms with Crippen molar-refractivity contribution in [2.45, 2.75) is 40.0 Å². The topological polar surface area (TPSA) is 12.9 Å². The number of nitrogens with zero attached hydrogens (tertiary/aromatic N) is 1. The lowest BCUT2D eigenvalue weighted by atomic mass is 10.0. The average molecular weight is 245 g/mol. The second-order valence-corrected chi connectivity index (χ2v) is 6.07. The minimum Gasteiger partial charge on any atom is -0.249 e. The first-order chi connectivity index (χ1) is 8.06. The van der Waals surface area contributed by atoms with Gasteiger partial charge in [0.25, 0.3) is 0 Å². The molecule has 1 aromatic heterocycles. The van der Waals surface area contributed by atoms with Crippen molar-refractivity contribution in [1.82, 2.24) is 4.98 Å². The Balaban J connectivity index is 2.19. The molecule has 0 aliphatic heterocycles.